The summed E-state index contributed by atoms with van der Waals surface area (Å²) >= 11 is 0. The summed E-state index contributed by atoms with van der Waals surface area (Å²) < 4.78 is 0. The van der Waals surface area contributed by atoms with Crippen molar-refractivity contribution < 1.29 is 4.79 Å². The summed E-state index contributed by atoms with van der Waals surface area (Å²) in [4.78, 5) is 14.4. The summed E-state index contributed by atoms with van der Waals surface area (Å²) in [6.07, 6.45) is 10.8. The van der Waals surface area contributed by atoms with Crippen molar-refractivity contribution in [2.75, 3.05) is 13.1 Å². The molecule has 21 heavy (non-hydrogen) atoms. The van der Waals surface area contributed by atoms with Gasteiger partial charge in [-0.25, -0.2) is 0 Å². The molecule has 2 saturated carbocycles. The van der Waals surface area contributed by atoms with Gasteiger partial charge in [-0.05, 0) is 71.4 Å². The van der Waals surface area contributed by atoms with E-state index < -0.39 is 5.54 Å². The molecule has 1 unspecified atom stereocenters. The average Bonchev–Trinajstić information content (AvgIpc) is 3.31. The largest absolute Gasteiger partial charge is 0.368 e. The third-order valence-electron chi connectivity index (χ3n) is 4.88. The second kappa shape index (κ2) is 7.59. The molecule has 0 aromatic heterocycles. The summed E-state index contributed by atoms with van der Waals surface area (Å²) in [6, 6.07) is 1.37. The maximum atomic E-state index is 11.7. The van der Waals surface area contributed by atoms with E-state index in [2.05, 4.69) is 17.1 Å². The van der Waals surface area contributed by atoms with Gasteiger partial charge in [-0.2, -0.15) is 0 Å². The molecule has 0 aromatic carbocycles. The van der Waals surface area contributed by atoms with E-state index in [1.807, 2.05) is 6.92 Å². The first kappa shape index (κ1) is 16.8. The third kappa shape index (κ3) is 5.59. The lowest BCUT2D eigenvalue weighted by molar-refractivity contribution is -0.124. The van der Waals surface area contributed by atoms with Gasteiger partial charge >= 0.3 is 0 Å². The number of unbranched alkanes of at least 4 members (excludes halogenated alkanes) is 2. The average molecular weight is 295 g/mol. The summed E-state index contributed by atoms with van der Waals surface area (Å²) in [5, 5.41) is 3.44. The van der Waals surface area contributed by atoms with Crippen molar-refractivity contribution in [1.29, 1.82) is 0 Å². The minimum atomic E-state index is -0.505. The van der Waals surface area contributed by atoms with Crippen LogP contribution in [0.1, 0.15) is 71.6 Å². The molecule has 1 atom stereocenters. The van der Waals surface area contributed by atoms with Crippen molar-refractivity contribution in [3.8, 4) is 0 Å². The summed E-state index contributed by atoms with van der Waals surface area (Å²) in [6.45, 7) is 6.66. The number of primary amides is 1. The Bertz CT molecular complexity index is 339. The zero-order valence-corrected chi connectivity index (χ0v) is 13.9. The van der Waals surface area contributed by atoms with Gasteiger partial charge in [0.15, 0.2) is 0 Å². The lowest BCUT2D eigenvalue weighted by atomic mass is 9.93. The standard InChI is InChI=1S/C17H33N3O/c1-3-4-12-20(15-9-10-15)13-6-5-11-17(2,16(18)21)19-14-7-8-14/h14-15,19H,3-13H2,1-2H3,(H2,18,21). The van der Waals surface area contributed by atoms with Gasteiger partial charge < -0.3 is 16.0 Å². The van der Waals surface area contributed by atoms with E-state index in [9.17, 15) is 4.79 Å². The number of nitrogens with one attached hydrogen (secondary N) is 1. The Morgan fingerprint density at radius 2 is 1.86 bits per heavy atom. The highest BCUT2D eigenvalue weighted by Gasteiger charge is 2.36. The van der Waals surface area contributed by atoms with Crippen LogP contribution >= 0.6 is 0 Å². The molecule has 1 amide bonds. The Morgan fingerprint density at radius 1 is 1.19 bits per heavy atom. The molecule has 0 bridgehead atoms. The molecule has 0 spiro atoms. The van der Waals surface area contributed by atoms with E-state index in [0.717, 1.165) is 18.9 Å². The zero-order valence-electron chi connectivity index (χ0n) is 13.9. The third-order valence-corrected chi connectivity index (χ3v) is 4.88. The maximum Gasteiger partial charge on any atom is 0.237 e. The number of hydrogen-bond donors (Lipinski definition) is 2. The van der Waals surface area contributed by atoms with Crippen LogP contribution in [0.25, 0.3) is 0 Å². The van der Waals surface area contributed by atoms with Crippen molar-refractivity contribution in [1.82, 2.24) is 10.2 Å². The highest BCUT2D eigenvalue weighted by Crippen LogP contribution is 2.28. The monoisotopic (exact) mass is 295 g/mol. The van der Waals surface area contributed by atoms with Crippen LogP contribution in [-0.2, 0) is 4.79 Å². The van der Waals surface area contributed by atoms with Crippen LogP contribution in [0.4, 0.5) is 0 Å². The number of nitrogens with two attached hydrogens (primary N) is 1. The Kier molecular flexibility index (Phi) is 6.06. The van der Waals surface area contributed by atoms with Gasteiger partial charge in [-0.15, -0.1) is 0 Å². The first-order valence-corrected chi connectivity index (χ1v) is 8.87. The van der Waals surface area contributed by atoms with Gasteiger partial charge in [0, 0.05) is 12.1 Å². The first-order valence-electron chi connectivity index (χ1n) is 8.87. The Morgan fingerprint density at radius 3 is 2.38 bits per heavy atom. The number of hydrogen-bond acceptors (Lipinski definition) is 3. The molecule has 2 fully saturated rings. The molecule has 0 heterocycles. The first-order chi connectivity index (χ1) is 10.0. The van der Waals surface area contributed by atoms with Crippen molar-refractivity contribution in [2.45, 2.75) is 89.3 Å². The molecule has 4 heteroatoms. The molecule has 2 aliphatic carbocycles. The maximum absolute atomic E-state index is 11.7. The van der Waals surface area contributed by atoms with Gasteiger partial charge in [-0.3, -0.25) is 4.79 Å². The quantitative estimate of drug-likeness (QED) is 0.544. The molecule has 0 saturated heterocycles. The van der Waals surface area contributed by atoms with Crippen molar-refractivity contribution >= 4 is 5.91 Å². The van der Waals surface area contributed by atoms with Gasteiger partial charge in [0.05, 0.1) is 5.54 Å². The number of rotatable bonds is 12. The van der Waals surface area contributed by atoms with Crippen LogP contribution in [0, 0.1) is 0 Å². The van der Waals surface area contributed by atoms with Crippen molar-refractivity contribution in [3.63, 3.8) is 0 Å². The number of amides is 1. The molecule has 2 rings (SSSR count). The second-order valence-corrected chi connectivity index (χ2v) is 7.19. The molecule has 0 radical (unpaired) electrons. The Labute approximate surface area is 129 Å². The van der Waals surface area contributed by atoms with E-state index in [4.69, 9.17) is 5.73 Å². The van der Waals surface area contributed by atoms with Gasteiger partial charge in [0.25, 0.3) is 0 Å². The minimum Gasteiger partial charge on any atom is -0.368 e. The number of carbonyl (C=O) groups excluding carboxylic acids is 1. The fourth-order valence-corrected chi connectivity index (χ4v) is 3.02. The summed E-state index contributed by atoms with van der Waals surface area (Å²) in [5.74, 6) is -0.195. The van der Waals surface area contributed by atoms with Gasteiger partial charge in [0.2, 0.25) is 5.91 Å². The molecular formula is C17H33N3O. The molecular weight excluding hydrogens is 262 g/mol. The summed E-state index contributed by atoms with van der Waals surface area (Å²) in [5.41, 5.74) is 5.10. The second-order valence-electron chi connectivity index (χ2n) is 7.19. The lowest BCUT2D eigenvalue weighted by Gasteiger charge is -2.28. The highest BCUT2D eigenvalue weighted by molar-refractivity contribution is 5.84. The molecule has 0 aliphatic heterocycles. The van der Waals surface area contributed by atoms with Gasteiger partial charge in [-0.1, -0.05) is 13.3 Å². The molecule has 0 aromatic rings. The van der Waals surface area contributed by atoms with E-state index in [-0.39, 0.29) is 5.91 Å². The van der Waals surface area contributed by atoms with Crippen LogP contribution < -0.4 is 11.1 Å². The van der Waals surface area contributed by atoms with Crippen LogP contribution in [0.3, 0.4) is 0 Å². The highest BCUT2D eigenvalue weighted by atomic mass is 16.1. The van der Waals surface area contributed by atoms with E-state index >= 15 is 0 Å². The van der Waals surface area contributed by atoms with Gasteiger partial charge in [0.1, 0.15) is 0 Å². The Balaban J connectivity index is 1.67. The topological polar surface area (TPSA) is 58.4 Å². The van der Waals surface area contributed by atoms with Crippen LogP contribution in [0.2, 0.25) is 0 Å². The van der Waals surface area contributed by atoms with Crippen molar-refractivity contribution in [3.05, 3.63) is 0 Å². The van der Waals surface area contributed by atoms with E-state index in [0.29, 0.717) is 6.04 Å². The Hall–Kier alpha value is -0.610. The van der Waals surface area contributed by atoms with E-state index in [1.54, 1.807) is 0 Å². The molecule has 122 valence electrons. The zero-order chi connectivity index (χ0) is 15.3. The molecule has 3 N–H and O–H groups in total. The predicted molar refractivity (Wildman–Crippen MR) is 87.1 cm³/mol. The molecule has 4 nitrogen and oxygen atoms in total. The van der Waals surface area contributed by atoms with E-state index in [1.165, 1.54) is 58.0 Å². The van der Waals surface area contributed by atoms with Crippen LogP contribution in [0.5, 0.6) is 0 Å². The smallest absolute Gasteiger partial charge is 0.237 e. The number of carbonyl (C=O) groups is 1. The lowest BCUT2D eigenvalue weighted by Crippen LogP contribution is -2.54. The predicted octanol–water partition coefficient (Wildman–Crippen LogP) is 2.42. The molecule has 2 aliphatic rings. The fourth-order valence-electron chi connectivity index (χ4n) is 3.02. The fraction of sp³-hybridized carbons (Fsp3) is 0.941. The van der Waals surface area contributed by atoms with Crippen LogP contribution in [0.15, 0.2) is 0 Å². The van der Waals surface area contributed by atoms with Crippen molar-refractivity contribution in [2.24, 2.45) is 5.73 Å². The minimum absolute atomic E-state index is 0.195. The van der Waals surface area contributed by atoms with Crippen LogP contribution in [-0.4, -0.2) is 41.5 Å². The normalized spacial score (nSPS) is 21.5. The number of nitrogens with zero attached hydrogens (tertiary/aromatic N) is 1. The summed E-state index contributed by atoms with van der Waals surface area (Å²) in [7, 11) is 0. The SMILES string of the molecule is CCCCN(CCCCC(C)(NC1CC1)C(N)=O)C1CC1.